The van der Waals surface area contributed by atoms with Crippen LogP contribution in [0.5, 0.6) is 0 Å². The highest BCUT2D eigenvalue weighted by atomic mass is 16.2. The van der Waals surface area contributed by atoms with Gasteiger partial charge in [-0.15, -0.1) is 0 Å². The van der Waals surface area contributed by atoms with Crippen molar-refractivity contribution in [1.82, 2.24) is 10.2 Å². The molecule has 0 unspecified atom stereocenters. The van der Waals surface area contributed by atoms with Crippen molar-refractivity contribution in [2.45, 2.75) is 20.4 Å². The van der Waals surface area contributed by atoms with Gasteiger partial charge >= 0.3 is 6.03 Å². The topological polar surface area (TPSA) is 58.4 Å². The third-order valence-electron chi connectivity index (χ3n) is 2.41. The van der Waals surface area contributed by atoms with E-state index in [2.05, 4.69) is 5.32 Å². The van der Waals surface area contributed by atoms with E-state index in [1.807, 2.05) is 38.1 Å². The molecule has 1 aromatic rings. The van der Waals surface area contributed by atoms with Crippen LogP contribution < -0.4 is 11.1 Å². The first-order chi connectivity index (χ1) is 7.69. The van der Waals surface area contributed by atoms with Crippen LogP contribution in [0, 0.1) is 0 Å². The van der Waals surface area contributed by atoms with Gasteiger partial charge in [-0.3, -0.25) is 0 Å². The standard InChI is InChI=1S/C12H19N3O/c1-3-14-12(16)15(4-2)9-10-7-5-6-8-11(10)13/h5-8H,3-4,9,13H2,1-2H3,(H,14,16). The van der Waals surface area contributed by atoms with Gasteiger partial charge in [-0.25, -0.2) is 4.79 Å². The maximum Gasteiger partial charge on any atom is 0.317 e. The summed E-state index contributed by atoms with van der Waals surface area (Å²) in [6.07, 6.45) is 0. The van der Waals surface area contributed by atoms with E-state index in [1.54, 1.807) is 4.90 Å². The molecule has 0 saturated carbocycles. The molecule has 0 aliphatic rings. The fraction of sp³-hybridized carbons (Fsp3) is 0.417. The number of para-hydroxylation sites is 1. The molecule has 0 atom stereocenters. The zero-order chi connectivity index (χ0) is 12.0. The van der Waals surface area contributed by atoms with Crippen molar-refractivity contribution in [3.8, 4) is 0 Å². The van der Waals surface area contributed by atoms with Crippen LogP contribution >= 0.6 is 0 Å². The Morgan fingerprint density at radius 2 is 2.06 bits per heavy atom. The Labute approximate surface area is 96.4 Å². The van der Waals surface area contributed by atoms with Gasteiger partial charge in [0.1, 0.15) is 0 Å². The van der Waals surface area contributed by atoms with Gasteiger partial charge in [-0.1, -0.05) is 18.2 Å². The Kier molecular flexibility index (Phi) is 4.64. The van der Waals surface area contributed by atoms with Crippen molar-refractivity contribution >= 4 is 11.7 Å². The first-order valence-electron chi connectivity index (χ1n) is 5.55. The quantitative estimate of drug-likeness (QED) is 0.762. The normalized spacial score (nSPS) is 9.88. The Balaban J connectivity index is 2.70. The third-order valence-corrected chi connectivity index (χ3v) is 2.41. The number of carbonyl (C=O) groups excluding carboxylic acids is 1. The van der Waals surface area contributed by atoms with E-state index >= 15 is 0 Å². The van der Waals surface area contributed by atoms with Crippen LogP contribution in [0.1, 0.15) is 19.4 Å². The molecule has 88 valence electrons. The second kappa shape index (κ2) is 6.00. The summed E-state index contributed by atoms with van der Waals surface area (Å²) in [6, 6.07) is 7.56. The van der Waals surface area contributed by atoms with E-state index in [9.17, 15) is 4.79 Å². The zero-order valence-electron chi connectivity index (χ0n) is 9.86. The summed E-state index contributed by atoms with van der Waals surface area (Å²) in [7, 11) is 0. The molecule has 3 N–H and O–H groups in total. The van der Waals surface area contributed by atoms with Crippen LogP contribution in [0.15, 0.2) is 24.3 Å². The van der Waals surface area contributed by atoms with Crippen molar-refractivity contribution < 1.29 is 4.79 Å². The largest absolute Gasteiger partial charge is 0.398 e. The van der Waals surface area contributed by atoms with Gasteiger partial charge in [0.05, 0.1) is 0 Å². The number of hydrogen-bond acceptors (Lipinski definition) is 2. The second-order valence-electron chi connectivity index (χ2n) is 3.55. The minimum atomic E-state index is -0.0479. The lowest BCUT2D eigenvalue weighted by atomic mass is 10.2. The molecule has 0 aliphatic carbocycles. The van der Waals surface area contributed by atoms with Crippen molar-refractivity contribution in [3.63, 3.8) is 0 Å². The predicted molar refractivity (Wildman–Crippen MR) is 66.0 cm³/mol. The van der Waals surface area contributed by atoms with Crippen LogP contribution in [0.4, 0.5) is 10.5 Å². The van der Waals surface area contributed by atoms with Crippen LogP contribution in [0.3, 0.4) is 0 Å². The molecule has 1 rings (SSSR count). The molecule has 1 aromatic carbocycles. The molecule has 0 aliphatic heterocycles. The summed E-state index contributed by atoms with van der Waals surface area (Å²) >= 11 is 0. The molecule has 4 heteroatoms. The molecule has 0 radical (unpaired) electrons. The molecule has 0 heterocycles. The van der Waals surface area contributed by atoms with Crippen LogP contribution in [-0.2, 0) is 6.54 Å². The highest BCUT2D eigenvalue weighted by molar-refractivity contribution is 5.74. The number of nitrogens with one attached hydrogen (secondary N) is 1. The van der Waals surface area contributed by atoms with Crippen LogP contribution in [0.25, 0.3) is 0 Å². The Bertz CT molecular complexity index is 352. The molecule has 0 saturated heterocycles. The lowest BCUT2D eigenvalue weighted by molar-refractivity contribution is 0.199. The summed E-state index contributed by atoms with van der Waals surface area (Å²) in [6.45, 7) is 5.71. The zero-order valence-corrected chi connectivity index (χ0v) is 9.86. The lowest BCUT2D eigenvalue weighted by Crippen LogP contribution is -2.39. The molecule has 0 bridgehead atoms. The van der Waals surface area contributed by atoms with Crippen LogP contribution in [0.2, 0.25) is 0 Å². The number of urea groups is 1. The molecule has 0 fully saturated rings. The predicted octanol–water partition coefficient (Wildman–Crippen LogP) is 1.82. The monoisotopic (exact) mass is 221 g/mol. The van der Waals surface area contributed by atoms with E-state index < -0.39 is 0 Å². The highest BCUT2D eigenvalue weighted by Crippen LogP contribution is 2.13. The maximum absolute atomic E-state index is 11.7. The molecule has 2 amide bonds. The highest BCUT2D eigenvalue weighted by Gasteiger charge is 2.11. The Morgan fingerprint density at radius 1 is 1.38 bits per heavy atom. The molecular weight excluding hydrogens is 202 g/mol. The molecular formula is C12H19N3O. The van der Waals surface area contributed by atoms with Crippen molar-refractivity contribution in [3.05, 3.63) is 29.8 Å². The van der Waals surface area contributed by atoms with E-state index in [4.69, 9.17) is 5.73 Å². The van der Waals surface area contributed by atoms with Crippen LogP contribution in [-0.4, -0.2) is 24.0 Å². The van der Waals surface area contributed by atoms with E-state index in [0.717, 1.165) is 11.3 Å². The number of nitrogens with two attached hydrogens (primary N) is 1. The molecule has 0 aromatic heterocycles. The van der Waals surface area contributed by atoms with E-state index in [0.29, 0.717) is 19.6 Å². The van der Waals surface area contributed by atoms with Gasteiger partial charge in [0, 0.05) is 25.3 Å². The minimum Gasteiger partial charge on any atom is -0.398 e. The van der Waals surface area contributed by atoms with Gasteiger partial charge in [0.15, 0.2) is 0 Å². The summed E-state index contributed by atoms with van der Waals surface area (Å²) < 4.78 is 0. The molecule has 0 spiro atoms. The average Bonchev–Trinajstić information content (AvgIpc) is 2.28. The first kappa shape index (κ1) is 12.4. The smallest absolute Gasteiger partial charge is 0.317 e. The van der Waals surface area contributed by atoms with Gasteiger partial charge in [0.25, 0.3) is 0 Å². The third kappa shape index (κ3) is 3.15. The number of benzene rings is 1. The maximum atomic E-state index is 11.7. The van der Waals surface area contributed by atoms with Crippen molar-refractivity contribution in [2.75, 3.05) is 18.8 Å². The minimum absolute atomic E-state index is 0.0479. The second-order valence-corrected chi connectivity index (χ2v) is 3.55. The van der Waals surface area contributed by atoms with Gasteiger partial charge in [-0.05, 0) is 25.5 Å². The fourth-order valence-corrected chi connectivity index (χ4v) is 1.47. The summed E-state index contributed by atoms with van der Waals surface area (Å²) in [4.78, 5) is 13.4. The first-order valence-corrected chi connectivity index (χ1v) is 5.55. The average molecular weight is 221 g/mol. The van der Waals surface area contributed by atoms with Gasteiger partial charge in [-0.2, -0.15) is 0 Å². The number of anilines is 1. The van der Waals surface area contributed by atoms with Gasteiger partial charge in [0.2, 0.25) is 0 Å². The SMILES string of the molecule is CCNC(=O)N(CC)Cc1ccccc1N. The van der Waals surface area contributed by atoms with Crippen molar-refractivity contribution in [2.24, 2.45) is 0 Å². The Hall–Kier alpha value is -1.71. The number of carbonyl (C=O) groups is 1. The van der Waals surface area contributed by atoms with Crippen molar-refractivity contribution in [1.29, 1.82) is 0 Å². The Morgan fingerprint density at radius 3 is 2.62 bits per heavy atom. The molecule has 4 nitrogen and oxygen atoms in total. The van der Waals surface area contributed by atoms with E-state index in [-0.39, 0.29) is 6.03 Å². The fourth-order valence-electron chi connectivity index (χ4n) is 1.47. The number of nitrogen functional groups attached to an aromatic ring is 1. The number of rotatable bonds is 4. The summed E-state index contributed by atoms with van der Waals surface area (Å²) in [5.41, 5.74) is 7.55. The number of amides is 2. The lowest BCUT2D eigenvalue weighted by Gasteiger charge is -2.21. The van der Waals surface area contributed by atoms with E-state index in [1.165, 1.54) is 0 Å². The molecule has 16 heavy (non-hydrogen) atoms. The van der Waals surface area contributed by atoms with Gasteiger partial charge < -0.3 is 16.0 Å². The summed E-state index contributed by atoms with van der Waals surface area (Å²) in [5, 5.41) is 2.78. The summed E-state index contributed by atoms with van der Waals surface area (Å²) in [5.74, 6) is 0. The number of nitrogens with zero attached hydrogens (tertiary/aromatic N) is 1. The number of hydrogen-bond donors (Lipinski definition) is 2.